The Hall–Kier alpha value is -3.34. The molecule has 1 amide bonds. The molecule has 0 aliphatic heterocycles. The number of esters is 1. The van der Waals surface area contributed by atoms with Crippen molar-refractivity contribution >= 4 is 11.9 Å². The van der Waals surface area contributed by atoms with Crippen LogP contribution in [0.3, 0.4) is 0 Å². The number of nitrogens with zero attached hydrogens (tertiary/aromatic N) is 1. The smallest absolute Gasteiger partial charge is 0.338 e. The van der Waals surface area contributed by atoms with Crippen LogP contribution in [-0.4, -0.2) is 16.4 Å². The topological polar surface area (TPSA) is 74.3 Å². The lowest BCUT2D eigenvalue weighted by Crippen LogP contribution is -2.11. The number of carbonyl (C=O) groups is 2. The first-order chi connectivity index (χ1) is 12.5. The minimum Gasteiger partial charge on any atom is -0.457 e. The molecule has 2 N–H and O–H groups in total. The number of carbonyl (C=O) groups excluding carboxylic acids is 2. The molecule has 0 saturated carbocycles. The highest BCUT2D eigenvalue weighted by Crippen LogP contribution is 2.17. The quantitative estimate of drug-likeness (QED) is 0.717. The standard InChI is InChI=1S/C21H20N2O3/c1-14-3-4-15(2)23(14)19-11-9-18(10-12-19)21(25)26-13-16-5-7-17(8-6-16)20(22)24/h3-12H,13H2,1-2H3,(H2,22,24). The highest BCUT2D eigenvalue weighted by Gasteiger charge is 2.10. The van der Waals surface area contributed by atoms with Crippen molar-refractivity contribution < 1.29 is 14.3 Å². The van der Waals surface area contributed by atoms with Crippen molar-refractivity contribution in [1.82, 2.24) is 4.57 Å². The van der Waals surface area contributed by atoms with E-state index >= 15 is 0 Å². The molecule has 0 saturated heterocycles. The van der Waals surface area contributed by atoms with Crippen LogP contribution < -0.4 is 5.73 Å². The normalized spacial score (nSPS) is 10.5. The fraction of sp³-hybridized carbons (Fsp3) is 0.143. The zero-order valence-corrected chi connectivity index (χ0v) is 14.7. The number of benzene rings is 2. The van der Waals surface area contributed by atoms with E-state index in [1.807, 2.05) is 26.0 Å². The molecular formula is C21H20N2O3. The molecular weight excluding hydrogens is 328 g/mol. The Balaban J connectivity index is 1.66. The van der Waals surface area contributed by atoms with Gasteiger partial charge in [-0.3, -0.25) is 4.79 Å². The van der Waals surface area contributed by atoms with Gasteiger partial charge in [0.15, 0.2) is 0 Å². The summed E-state index contributed by atoms with van der Waals surface area (Å²) in [7, 11) is 0. The monoisotopic (exact) mass is 348 g/mol. The molecule has 0 bridgehead atoms. The number of hydrogen-bond donors (Lipinski definition) is 1. The number of nitrogens with two attached hydrogens (primary N) is 1. The highest BCUT2D eigenvalue weighted by atomic mass is 16.5. The first-order valence-corrected chi connectivity index (χ1v) is 8.27. The maximum atomic E-state index is 12.2. The van der Waals surface area contributed by atoms with E-state index in [0.717, 1.165) is 22.6 Å². The molecule has 1 heterocycles. The zero-order chi connectivity index (χ0) is 18.7. The number of rotatable bonds is 5. The minimum atomic E-state index is -0.484. The minimum absolute atomic E-state index is 0.134. The third-order valence-corrected chi connectivity index (χ3v) is 4.24. The lowest BCUT2D eigenvalue weighted by atomic mass is 10.1. The number of amides is 1. The van der Waals surface area contributed by atoms with Crippen LogP contribution in [0.4, 0.5) is 0 Å². The van der Waals surface area contributed by atoms with Gasteiger partial charge < -0.3 is 15.0 Å². The van der Waals surface area contributed by atoms with Gasteiger partial charge in [0.2, 0.25) is 5.91 Å². The summed E-state index contributed by atoms with van der Waals surface area (Å²) in [6.07, 6.45) is 0. The van der Waals surface area contributed by atoms with Crippen molar-refractivity contribution in [2.45, 2.75) is 20.5 Å². The second-order valence-electron chi connectivity index (χ2n) is 6.14. The van der Waals surface area contributed by atoms with Gasteiger partial charge in [-0.2, -0.15) is 0 Å². The molecule has 26 heavy (non-hydrogen) atoms. The molecule has 0 atom stereocenters. The van der Waals surface area contributed by atoms with E-state index < -0.39 is 11.9 Å². The van der Waals surface area contributed by atoms with Crippen LogP contribution in [0.1, 0.15) is 37.7 Å². The third-order valence-electron chi connectivity index (χ3n) is 4.24. The maximum absolute atomic E-state index is 12.2. The summed E-state index contributed by atoms with van der Waals surface area (Å²) >= 11 is 0. The Kier molecular flexibility index (Phi) is 4.89. The van der Waals surface area contributed by atoms with Gasteiger partial charge in [0, 0.05) is 22.6 Å². The van der Waals surface area contributed by atoms with Crippen molar-refractivity contribution in [2.24, 2.45) is 5.73 Å². The lowest BCUT2D eigenvalue weighted by molar-refractivity contribution is 0.0472. The SMILES string of the molecule is Cc1ccc(C)n1-c1ccc(C(=O)OCc2ccc(C(N)=O)cc2)cc1. The molecule has 0 aliphatic rings. The molecule has 0 spiro atoms. The third kappa shape index (κ3) is 3.67. The molecule has 3 rings (SSSR count). The maximum Gasteiger partial charge on any atom is 0.338 e. The molecule has 3 aromatic rings. The van der Waals surface area contributed by atoms with Crippen molar-refractivity contribution in [3.8, 4) is 5.69 Å². The average Bonchev–Trinajstić information content (AvgIpc) is 2.98. The van der Waals surface area contributed by atoms with E-state index in [4.69, 9.17) is 10.5 Å². The van der Waals surface area contributed by atoms with Crippen LogP contribution in [0.15, 0.2) is 60.7 Å². The van der Waals surface area contributed by atoms with Gasteiger partial charge in [-0.05, 0) is 67.9 Å². The Bertz CT molecular complexity index is 919. The molecule has 5 nitrogen and oxygen atoms in total. The van der Waals surface area contributed by atoms with E-state index in [1.165, 1.54) is 0 Å². The van der Waals surface area contributed by atoms with Crippen LogP contribution in [0, 0.1) is 13.8 Å². The fourth-order valence-electron chi connectivity index (χ4n) is 2.82. The average molecular weight is 348 g/mol. The van der Waals surface area contributed by atoms with Crippen LogP contribution >= 0.6 is 0 Å². The van der Waals surface area contributed by atoms with Crippen molar-refractivity contribution in [3.05, 3.63) is 88.7 Å². The van der Waals surface area contributed by atoms with Crippen LogP contribution in [0.5, 0.6) is 0 Å². The first-order valence-electron chi connectivity index (χ1n) is 8.27. The summed E-state index contributed by atoms with van der Waals surface area (Å²) in [6, 6.07) is 18.1. The lowest BCUT2D eigenvalue weighted by Gasteiger charge is -2.10. The van der Waals surface area contributed by atoms with Crippen LogP contribution in [-0.2, 0) is 11.3 Å². The fourth-order valence-corrected chi connectivity index (χ4v) is 2.82. The molecule has 0 radical (unpaired) electrons. The Labute approximate surface area is 152 Å². The van der Waals surface area contributed by atoms with Gasteiger partial charge >= 0.3 is 5.97 Å². The summed E-state index contributed by atoms with van der Waals surface area (Å²) in [5.74, 6) is -0.877. The van der Waals surface area contributed by atoms with Gasteiger partial charge in [-0.1, -0.05) is 12.1 Å². The molecule has 5 heteroatoms. The Morgan fingerprint density at radius 2 is 1.38 bits per heavy atom. The van der Waals surface area contributed by atoms with E-state index in [-0.39, 0.29) is 6.61 Å². The molecule has 0 fully saturated rings. The van der Waals surface area contributed by atoms with Crippen molar-refractivity contribution in [3.63, 3.8) is 0 Å². The van der Waals surface area contributed by atoms with Crippen molar-refractivity contribution in [1.29, 1.82) is 0 Å². The summed E-state index contributed by atoms with van der Waals surface area (Å²) in [5.41, 5.74) is 10.2. The van der Waals surface area contributed by atoms with Gasteiger partial charge in [0.1, 0.15) is 6.61 Å². The summed E-state index contributed by atoms with van der Waals surface area (Å²) in [4.78, 5) is 23.3. The number of ether oxygens (including phenoxy) is 1. The number of aryl methyl sites for hydroxylation is 2. The molecule has 1 aromatic heterocycles. The zero-order valence-electron chi connectivity index (χ0n) is 14.7. The summed E-state index contributed by atoms with van der Waals surface area (Å²) < 4.78 is 7.45. The number of aromatic nitrogens is 1. The number of primary amides is 1. The Morgan fingerprint density at radius 1 is 0.846 bits per heavy atom. The predicted molar refractivity (Wildman–Crippen MR) is 99.3 cm³/mol. The number of hydrogen-bond acceptors (Lipinski definition) is 3. The van der Waals surface area contributed by atoms with Crippen LogP contribution in [0.25, 0.3) is 5.69 Å². The first kappa shape index (κ1) is 17.5. The van der Waals surface area contributed by atoms with Gasteiger partial charge in [0.25, 0.3) is 0 Å². The van der Waals surface area contributed by atoms with Crippen molar-refractivity contribution in [2.75, 3.05) is 0 Å². The van der Waals surface area contributed by atoms with Gasteiger partial charge in [-0.25, -0.2) is 4.79 Å². The highest BCUT2D eigenvalue weighted by molar-refractivity contribution is 5.92. The summed E-state index contributed by atoms with van der Waals surface area (Å²) in [5, 5.41) is 0. The molecule has 2 aromatic carbocycles. The second-order valence-corrected chi connectivity index (χ2v) is 6.14. The largest absolute Gasteiger partial charge is 0.457 e. The van der Waals surface area contributed by atoms with Gasteiger partial charge in [0.05, 0.1) is 5.56 Å². The molecule has 0 unspecified atom stereocenters. The second kappa shape index (κ2) is 7.27. The summed E-state index contributed by atoms with van der Waals surface area (Å²) in [6.45, 7) is 4.22. The van der Waals surface area contributed by atoms with Gasteiger partial charge in [-0.15, -0.1) is 0 Å². The predicted octanol–water partition coefficient (Wildman–Crippen LogP) is 3.55. The van der Waals surface area contributed by atoms with E-state index in [9.17, 15) is 9.59 Å². The Morgan fingerprint density at radius 3 is 1.92 bits per heavy atom. The van der Waals surface area contributed by atoms with E-state index in [0.29, 0.717) is 11.1 Å². The molecule has 132 valence electrons. The van der Waals surface area contributed by atoms with E-state index in [2.05, 4.69) is 16.7 Å². The molecule has 0 aliphatic carbocycles. The van der Waals surface area contributed by atoms with E-state index in [1.54, 1.807) is 36.4 Å². The van der Waals surface area contributed by atoms with Crippen LogP contribution in [0.2, 0.25) is 0 Å².